The zero-order valence-corrected chi connectivity index (χ0v) is 7.86. The molecule has 0 fully saturated rings. The Labute approximate surface area is 73.2 Å². The first-order valence-corrected chi connectivity index (χ1v) is 4.03. The summed E-state index contributed by atoms with van der Waals surface area (Å²) >= 11 is 4.76. The number of esters is 1. The lowest BCUT2D eigenvalue weighted by atomic mass is 10.5. The molecule has 0 N–H and O–H groups in total. The van der Waals surface area contributed by atoms with Crippen molar-refractivity contribution in [3.63, 3.8) is 0 Å². The van der Waals surface area contributed by atoms with Crippen molar-refractivity contribution in [3.8, 4) is 0 Å². The number of rotatable bonds is 3. The Bertz CT molecular complexity index is 102. The first-order valence-electron chi connectivity index (χ1n) is 3.59. The molecular formula is C8H15ClO2. The highest BCUT2D eigenvalue weighted by molar-refractivity contribution is 6.25. The van der Waals surface area contributed by atoms with Crippen molar-refractivity contribution in [2.45, 2.75) is 26.7 Å². The molecular weight excluding hydrogens is 164 g/mol. The van der Waals surface area contributed by atoms with Crippen LogP contribution in [0.25, 0.3) is 0 Å². The maximum absolute atomic E-state index is 10.3. The normalized spacial score (nSPS) is 7.55. The van der Waals surface area contributed by atoms with Gasteiger partial charge in [0.2, 0.25) is 0 Å². The summed E-state index contributed by atoms with van der Waals surface area (Å²) in [4.78, 5) is 10.3. The van der Waals surface area contributed by atoms with Crippen LogP contribution in [0.5, 0.6) is 0 Å². The third-order valence-electron chi connectivity index (χ3n) is 0.756. The van der Waals surface area contributed by atoms with E-state index < -0.39 is 0 Å². The minimum Gasteiger partial charge on any atom is -0.466 e. The molecule has 0 rings (SSSR count). The molecule has 0 aromatic carbocycles. The van der Waals surface area contributed by atoms with Gasteiger partial charge in [-0.3, -0.25) is 4.79 Å². The lowest BCUT2D eigenvalue weighted by Gasteiger charge is -1.97. The highest BCUT2D eigenvalue weighted by Crippen LogP contribution is 1.85. The van der Waals surface area contributed by atoms with E-state index in [1.165, 1.54) is 5.54 Å². The number of hydrogen-bond acceptors (Lipinski definition) is 2. The third-order valence-corrected chi connectivity index (χ3v) is 0.756. The first-order chi connectivity index (χ1) is 5.22. The SMILES string of the molecule is C=CCl.CCCOC(=O)CC. The van der Waals surface area contributed by atoms with Crippen molar-refractivity contribution in [2.75, 3.05) is 6.61 Å². The molecule has 0 saturated heterocycles. The number of carbonyl (C=O) groups excluding carboxylic acids is 1. The molecule has 0 spiro atoms. The molecule has 0 saturated carbocycles. The fraction of sp³-hybridized carbons (Fsp3) is 0.625. The average molecular weight is 179 g/mol. The van der Waals surface area contributed by atoms with E-state index in [2.05, 4.69) is 6.58 Å². The summed E-state index contributed by atoms with van der Waals surface area (Å²) in [5.74, 6) is -0.105. The second kappa shape index (κ2) is 12.2. The number of hydrogen-bond donors (Lipinski definition) is 0. The standard InChI is InChI=1S/C6H12O2.C2H3Cl/c1-3-5-8-6(7)4-2;1-2-3/h3-5H2,1-2H3;2H,1H2. The van der Waals surface area contributed by atoms with Gasteiger partial charge in [-0.2, -0.15) is 0 Å². The molecule has 0 atom stereocenters. The van der Waals surface area contributed by atoms with Gasteiger partial charge in [0.15, 0.2) is 0 Å². The maximum Gasteiger partial charge on any atom is 0.305 e. The zero-order chi connectivity index (χ0) is 9.11. The van der Waals surface area contributed by atoms with Gasteiger partial charge < -0.3 is 4.74 Å². The van der Waals surface area contributed by atoms with Gasteiger partial charge in [-0.05, 0) is 12.0 Å². The molecule has 66 valence electrons. The molecule has 0 amide bonds. The van der Waals surface area contributed by atoms with Crippen LogP contribution < -0.4 is 0 Å². The van der Waals surface area contributed by atoms with Gasteiger partial charge in [0.1, 0.15) is 0 Å². The van der Waals surface area contributed by atoms with Crippen LogP contribution >= 0.6 is 11.6 Å². The number of carbonyl (C=O) groups is 1. The van der Waals surface area contributed by atoms with Crippen molar-refractivity contribution < 1.29 is 9.53 Å². The molecule has 2 nitrogen and oxygen atoms in total. The highest BCUT2D eigenvalue weighted by Gasteiger charge is 1.93. The van der Waals surface area contributed by atoms with E-state index in [0.29, 0.717) is 13.0 Å². The summed E-state index contributed by atoms with van der Waals surface area (Å²) in [6, 6.07) is 0. The van der Waals surface area contributed by atoms with Crippen LogP contribution in [0.15, 0.2) is 12.1 Å². The summed E-state index contributed by atoms with van der Waals surface area (Å²) in [7, 11) is 0. The molecule has 0 heterocycles. The lowest BCUT2D eigenvalue weighted by Crippen LogP contribution is -2.02. The van der Waals surface area contributed by atoms with Crippen LogP contribution in [0, 0.1) is 0 Å². The van der Waals surface area contributed by atoms with E-state index in [0.717, 1.165) is 6.42 Å². The van der Waals surface area contributed by atoms with Crippen LogP contribution in [-0.4, -0.2) is 12.6 Å². The van der Waals surface area contributed by atoms with Gasteiger partial charge in [0, 0.05) is 6.42 Å². The van der Waals surface area contributed by atoms with Crippen LogP contribution in [0.2, 0.25) is 0 Å². The molecule has 3 heteroatoms. The Hall–Kier alpha value is -0.500. The predicted octanol–water partition coefficient (Wildman–Crippen LogP) is 2.72. The van der Waals surface area contributed by atoms with Crippen molar-refractivity contribution in [1.82, 2.24) is 0 Å². The van der Waals surface area contributed by atoms with Crippen molar-refractivity contribution >= 4 is 17.6 Å². The van der Waals surface area contributed by atoms with Crippen LogP contribution in [0.1, 0.15) is 26.7 Å². The minimum atomic E-state index is -0.105. The topological polar surface area (TPSA) is 26.3 Å². The smallest absolute Gasteiger partial charge is 0.305 e. The second-order valence-electron chi connectivity index (χ2n) is 1.73. The summed E-state index contributed by atoms with van der Waals surface area (Å²) < 4.78 is 4.70. The molecule has 0 bridgehead atoms. The van der Waals surface area contributed by atoms with Gasteiger partial charge in [0.05, 0.1) is 6.61 Å². The Morgan fingerprint density at radius 3 is 2.36 bits per heavy atom. The second-order valence-corrected chi connectivity index (χ2v) is 2.04. The van der Waals surface area contributed by atoms with Crippen LogP contribution in [-0.2, 0) is 9.53 Å². The van der Waals surface area contributed by atoms with Gasteiger partial charge >= 0.3 is 5.97 Å². The van der Waals surface area contributed by atoms with Crippen molar-refractivity contribution in [2.24, 2.45) is 0 Å². The molecule has 0 radical (unpaired) electrons. The van der Waals surface area contributed by atoms with Gasteiger partial charge in [-0.25, -0.2) is 0 Å². The summed E-state index contributed by atoms with van der Waals surface area (Å²) in [5.41, 5.74) is 1.22. The van der Waals surface area contributed by atoms with Gasteiger partial charge in [-0.15, -0.1) is 0 Å². The summed E-state index contributed by atoms with van der Waals surface area (Å²) in [6.07, 6.45) is 1.39. The Balaban J connectivity index is 0. The molecule has 0 unspecified atom stereocenters. The lowest BCUT2D eigenvalue weighted by molar-refractivity contribution is -0.143. The van der Waals surface area contributed by atoms with Gasteiger partial charge in [-0.1, -0.05) is 32.0 Å². The van der Waals surface area contributed by atoms with Crippen molar-refractivity contribution in [3.05, 3.63) is 12.1 Å². The molecule has 0 aliphatic rings. The molecule has 0 aromatic heterocycles. The van der Waals surface area contributed by atoms with E-state index in [1.807, 2.05) is 6.92 Å². The predicted molar refractivity (Wildman–Crippen MR) is 47.6 cm³/mol. The molecule has 0 aromatic rings. The van der Waals surface area contributed by atoms with E-state index in [9.17, 15) is 4.79 Å². The Morgan fingerprint density at radius 2 is 2.09 bits per heavy atom. The Kier molecular flexibility index (Phi) is 14.5. The average Bonchev–Trinajstić information content (AvgIpc) is 2.02. The first kappa shape index (κ1) is 13.1. The molecule has 11 heavy (non-hydrogen) atoms. The number of ether oxygens (including phenoxy) is 1. The van der Waals surface area contributed by atoms with Crippen LogP contribution in [0.3, 0.4) is 0 Å². The fourth-order valence-electron chi connectivity index (χ4n) is 0.318. The van der Waals surface area contributed by atoms with Gasteiger partial charge in [0.25, 0.3) is 0 Å². The van der Waals surface area contributed by atoms with E-state index >= 15 is 0 Å². The fourth-order valence-corrected chi connectivity index (χ4v) is 0.318. The highest BCUT2D eigenvalue weighted by atomic mass is 35.5. The maximum atomic E-state index is 10.3. The molecule has 0 aliphatic carbocycles. The monoisotopic (exact) mass is 178 g/mol. The van der Waals surface area contributed by atoms with E-state index in [-0.39, 0.29) is 5.97 Å². The van der Waals surface area contributed by atoms with E-state index in [1.54, 1.807) is 6.92 Å². The van der Waals surface area contributed by atoms with Crippen LogP contribution in [0.4, 0.5) is 0 Å². The third kappa shape index (κ3) is 17.7. The quantitative estimate of drug-likeness (QED) is 0.622. The van der Waals surface area contributed by atoms with E-state index in [4.69, 9.17) is 16.3 Å². The summed E-state index contributed by atoms with van der Waals surface area (Å²) in [5, 5.41) is 0. The summed E-state index contributed by atoms with van der Waals surface area (Å²) in [6.45, 7) is 7.45. The Morgan fingerprint density at radius 1 is 1.64 bits per heavy atom. The van der Waals surface area contributed by atoms with Crippen molar-refractivity contribution in [1.29, 1.82) is 0 Å². The minimum absolute atomic E-state index is 0.105. The largest absolute Gasteiger partial charge is 0.466 e. The number of halogens is 1. The zero-order valence-electron chi connectivity index (χ0n) is 7.10. The molecule has 0 aliphatic heterocycles.